The lowest BCUT2D eigenvalue weighted by molar-refractivity contribution is -0.132. The third kappa shape index (κ3) is 2.18. The predicted molar refractivity (Wildman–Crippen MR) is 95.6 cm³/mol. The summed E-state index contributed by atoms with van der Waals surface area (Å²) in [5.74, 6) is -0.145. The highest BCUT2D eigenvalue weighted by molar-refractivity contribution is 6.67. The van der Waals surface area contributed by atoms with Crippen LogP contribution in [0.2, 0.25) is 0 Å². The summed E-state index contributed by atoms with van der Waals surface area (Å²) in [5, 5.41) is 37.7. The van der Waals surface area contributed by atoms with Crippen LogP contribution in [0.15, 0.2) is 15.5 Å². The number of carbonyl (C=O) groups is 2. The first-order valence-electron chi connectivity index (χ1n) is 9.55. The van der Waals surface area contributed by atoms with Crippen LogP contribution in [-0.2, 0) is 9.59 Å². The van der Waals surface area contributed by atoms with Crippen LogP contribution in [0.1, 0.15) is 52.4 Å². The van der Waals surface area contributed by atoms with E-state index in [1.165, 1.54) is 0 Å². The van der Waals surface area contributed by atoms with Gasteiger partial charge in [-0.15, -0.1) is 0 Å². The minimum atomic E-state index is -0.502. The van der Waals surface area contributed by atoms with Gasteiger partial charge in [0.15, 0.2) is 5.78 Å². The summed E-state index contributed by atoms with van der Waals surface area (Å²) < 4.78 is 0. The zero-order valence-electron chi connectivity index (χ0n) is 15.6. The zero-order valence-corrected chi connectivity index (χ0v) is 15.6. The van der Waals surface area contributed by atoms with E-state index >= 15 is 0 Å². The lowest BCUT2D eigenvalue weighted by Gasteiger charge is -2.58. The van der Waals surface area contributed by atoms with Crippen LogP contribution in [0, 0.1) is 34.5 Å². The SMILES string of the molecule is CC12CCC3C(CCC4/C(=N/O)C(=O)/C(=N\O)CC43C)C1C/C(=N/O)C2=O. The van der Waals surface area contributed by atoms with E-state index in [9.17, 15) is 25.2 Å². The van der Waals surface area contributed by atoms with Crippen molar-refractivity contribution in [2.75, 3.05) is 0 Å². The van der Waals surface area contributed by atoms with Crippen LogP contribution >= 0.6 is 0 Å². The Morgan fingerprint density at radius 3 is 2.26 bits per heavy atom. The van der Waals surface area contributed by atoms with Gasteiger partial charge in [-0.2, -0.15) is 0 Å². The Morgan fingerprint density at radius 1 is 0.926 bits per heavy atom. The highest BCUT2D eigenvalue weighted by atomic mass is 16.4. The molecule has 27 heavy (non-hydrogen) atoms. The maximum Gasteiger partial charge on any atom is 0.228 e. The summed E-state index contributed by atoms with van der Waals surface area (Å²) in [6, 6.07) is 0. The van der Waals surface area contributed by atoms with E-state index in [1.807, 2.05) is 6.92 Å². The van der Waals surface area contributed by atoms with Crippen molar-refractivity contribution in [3.63, 3.8) is 0 Å². The summed E-state index contributed by atoms with van der Waals surface area (Å²) in [6.45, 7) is 4.06. The molecule has 4 saturated carbocycles. The van der Waals surface area contributed by atoms with Crippen molar-refractivity contribution in [3.8, 4) is 0 Å². The number of hydrogen-bond donors (Lipinski definition) is 3. The first kappa shape index (κ1) is 18.1. The van der Waals surface area contributed by atoms with Gasteiger partial charge in [0.2, 0.25) is 5.78 Å². The van der Waals surface area contributed by atoms with E-state index in [-0.39, 0.29) is 52.0 Å². The van der Waals surface area contributed by atoms with Crippen molar-refractivity contribution in [2.24, 2.45) is 50.0 Å². The Bertz CT molecular complexity index is 803. The Labute approximate surface area is 157 Å². The fourth-order valence-electron chi connectivity index (χ4n) is 6.80. The van der Waals surface area contributed by atoms with E-state index in [0.29, 0.717) is 25.7 Å². The van der Waals surface area contributed by atoms with Crippen LogP contribution < -0.4 is 0 Å². The van der Waals surface area contributed by atoms with Crippen LogP contribution in [0.5, 0.6) is 0 Å². The largest absolute Gasteiger partial charge is 0.411 e. The number of hydrogen-bond acceptors (Lipinski definition) is 8. The number of fused-ring (bicyclic) bond motifs is 5. The molecule has 3 N–H and O–H groups in total. The van der Waals surface area contributed by atoms with E-state index in [0.717, 1.165) is 12.8 Å². The molecule has 0 aliphatic heterocycles. The third-order valence-electron chi connectivity index (χ3n) is 8.17. The second-order valence-corrected chi connectivity index (χ2v) is 9.09. The summed E-state index contributed by atoms with van der Waals surface area (Å²) in [5.41, 5.74) is -0.481. The Hall–Kier alpha value is -2.25. The summed E-state index contributed by atoms with van der Waals surface area (Å²) in [6.07, 6.45) is 3.84. The van der Waals surface area contributed by atoms with Crippen molar-refractivity contribution < 1.29 is 25.2 Å². The molecule has 8 nitrogen and oxygen atoms in total. The number of rotatable bonds is 0. The smallest absolute Gasteiger partial charge is 0.228 e. The fourth-order valence-corrected chi connectivity index (χ4v) is 6.80. The van der Waals surface area contributed by atoms with Crippen LogP contribution in [0.3, 0.4) is 0 Å². The molecular weight excluding hydrogens is 350 g/mol. The summed E-state index contributed by atoms with van der Waals surface area (Å²) in [4.78, 5) is 25.2. The highest BCUT2D eigenvalue weighted by Crippen LogP contribution is 2.64. The van der Waals surface area contributed by atoms with Gasteiger partial charge in [-0.3, -0.25) is 9.59 Å². The Kier molecular flexibility index (Phi) is 3.94. The molecule has 6 unspecified atom stereocenters. The molecule has 0 saturated heterocycles. The maximum absolute atomic E-state index is 12.7. The average molecular weight is 375 g/mol. The summed E-state index contributed by atoms with van der Waals surface area (Å²) in [7, 11) is 0. The third-order valence-corrected chi connectivity index (χ3v) is 8.17. The maximum atomic E-state index is 12.7. The molecule has 4 rings (SSSR count). The number of ketones is 2. The molecule has 4 aliphatic carbocycles. The van der Waals surface area contributed by atoms with E-state index < -0.39 is 11.2 Å². The molecule has 0 radical (unpaired) electrons. The van der Waals surface area contributed by atoms with Crippen molar-refractivity contribution in [1.29, 1.82) is 0 Å². The van der Waals surface area contributed by atoms with Crippen LogP contribution in [-0.4, -0.2) is 44.3 Å². The van der Waals surface area contributed by atoms with Gasteiger partial charge >= 0.3 is 0 Å². The first-order chi connectivity index (χ1) is 12.8. The number of Topliss-reactive ketones (excluding diaryl/α,β-unsaturated/α-hetero) is 2. The predicted octanol–water partition coefficient (Wildman–Crippen LogP) is 2.49. The Morgan fingerprint density at radius 2 is 1.63 bits per heavy atom. The van der Waals surface area contributed by atoms with Gasteiger partial charge in [-0.05, 0) is 48.9 Å². The molecule has 4 fully saturated rings. The highest BCUT2D eigenvalue weighted by Gasteiger charge is 2.63. The monoisotopic (exact) mass is 375 g/mol. The van der Waals surface area contributed by atoms with E-state index in [4.69, 9.17) is 0 Å². The van der Waals surface area contributed by atoms with Gasteiger partial charge < -0.3 is 15.6 Å². The van der Waals surface area contributed by atoms with Gasteiger partial charge in [0.05, 0.1) is 0 Å². The number of oxime groups is 3. The van der Waals surface area contributed by atoms with Crippen molar-refractivity contribution in [2.45, 2.75) is 52.4 Å². The van der Waals surface area contributed by atoms with Gasteiger partial charge in [0.25, 0.3) is 0 Å². The van der Waals surface area contributed by atoms with Gasteiger partial charge in [0, 0.05) is 24.2 Å². The van der Waals surface area contributed by atoms with Crippen LogP contribution in [0.25, 0.3) is 0 Å². The second kappa shape index (κ2) is 5.87. The molecule has 0 aromatic rings. The average Bonchev–Trinajstić information content (AvgIpc) is 2.92. The molecule has 6 atom stereocenters. The lowest BCUT2D eigenvalue weighted by Crippen LogP contribution is -2.58. The molecule has 146 valence electrons. The van der Waals surface area contributed by atoms with Gasteiger partial charge in [-0.25, -0.2) is 0 Å². The zero-order chi connectivity index (χ0) is 19.6. The van der Waals surface area contributed by atoms with Crippen LogP contribution in [0.4, 0.5) is 0 Å². The van der Waals surface area contributed by atoms with Crippen molar-refractivity contribution in [1.82, 2.24) is 0 Å². The molecule has 0 aromatic carbocycles. The Balaban J connectivity index is 1.74. The minimum Gasteiger partial charge on any atom is -0.411 e. The molecular formula is C19H25N3O5. The molecule has 0 amide bonds. The van der Waals surface area contributed by atoms with Gasteiger partial charge in [-0.1, -0.05) is 29.3 Å². The number of nitrogens with zero attached hydrogens (tertiary/aromatic N) is 3. The normalized spacial score (nSPS) is 48.6. The minimum absolute atomic E-state index is 0.0376. The van der Waals surface area contributed by atoms with Crippen molar-refractivity contribution in [3.05, 3.63) is 0 Å². The lowest BCUT2D eigenvalue weighted by atomic mass is 9.45. The first-order valence-corrected chi connectivity index (χ1v) is 9.55. The molecule has 0 aromatic heterocycles. The second-order valence-electron chi connectivity index (χ2n) is 9.09. The quantitative estimate of drug-likeness (QED) is 0.442. The van der Waals surface area contributed by atoms with Gasteiger partial charge in [0.1, 0.15) is 17.1 Å². The van der Waals surface area contributed by atoms with E-state index in [1.54, 1.807) is 0 Å². The molecule has 0 bridgehead atoms. The van der Waals surface area contributed by atoms with Crippen molar-refractivity contribution >= 4 is 28.7 Å². The summed E-state index contributed by atoms with van der Waals surface area (Å²) >= 11 is 0. The topological polar surface area (TPSA) is 132 Å². The molecule has 0 spiro atoms. The molecule has 4 aliphatic rings. The number of carbonyl (C=O) groups excluding carboxylic acids is 2. The standard InChI is InChI=1S/C19H25N3O5/c1-18-6-5-10-9(12(18)7-13(20-25)17(18)24)3-4-11-15(22-27)16(23)14(21-26)8-19(10,11)2/h9-12,25-27H,3-8H2,1-2H3/b20-13-,21-14-,22-15-. The fraction of sp³-hybridized carbons (Fsp3) is 0.737. The molecule has 8 heteroatoms. The molecule has 0 heterocycles. The van der Waals surface area contributed by atoms with E-state index in [2.05, 4.69) is 22.4 Å².